The molecule has 0 spiro atoms. The predicted octanol–water partition coefficient (Wildman–Crippen LogP) is 14.0. The molecule has 274 valence electrons. The van der Waals surface area contributed by atoms with E-state index < -0.39 is 0 Å². The van der Waals surface area contributed by atoms with Crippen LogP contribution in [0.3, 0.4) is 0 Å². The van der Waals surface area contributed by atoms with E-state index in [1.165, 1.54) is 116 Å². The van der Waals surface area contributed by atoms with Gasteiger partial charge in [-0.15, -0.1) is 0 Å². The molecule has 0 aliphatic heterocycles. The lowest BCUT2D eigenvalue weighted by atomic mass is 9.61. The summed E-state index contributed by atoms with van der Waals surface area (Å²) in [5, 5.41) is 7.71. The van der Waals surface area contributed by atoms with E-state index in [1.807, 2.05) is 0 Å². The summed E-state index contributed by atoms with van der Waals surface area (Å²) in [4.78, 5) is 0. The van der Waals surface area contributed by atoms with Crippen molar-refractivity contribution in [1.29, 1.82) is 0 Å². The topological polar surface area (TPSA) is 14.8 Å². The molecule has 0 unspecified atom stereocenters. The van der Waals surface area contributed by atoms with Crippen molar-refractivity contribution >= 4 is 65.4 Å². The van der Waals surface area contributed by atoms with Gasteiger partial charge in [-0.25, -0.2) is 0 Å². The van der Waals surface area contributed by atoms with Crippen molar-refractivity contribution in [2.75, 3.05) is 0 Å². The first-order valence-corrected chi connectivity index (χ1v) is 20.7. The molecule has 59 heavy (non-hydrogen) atoms. The van der Waals surface area contributed by atoms with Gasteiger partial charge >= 0.3 is 0 Å². The second-order valence-corrected chi connectivity index (χ2v) is 16.4. The third kappa shape index (κ3) is 4.11. The molecule has 3 aromatic heterocycles. The molecular formula is C56H35N3. The number of rotatable bonds is 3. The van der Waals surface area contributed by atoms with Gasteiger partial charge in [0.1, 0.15) is 0 Å². The van der Waals surface area contributed by atoms with Gasteiger partial charge in [-0.2, -0.15) is 0 Å². The van der Waals surface area contributed by atoms with E-state index >= 15 is 0 Å². The lowest BCUT2D eigenvalue weighted by Crippen LogP contribution is -2.28. The van der Waals surface area contributed by atoms with Crippen LogP contribution in [0.2, 0.25) is 0 Å². The van der Waals surface area contributed by atoms with E-state index in [2.05, 4.69) is 214 Å². The summed E-state index contributed by atoms with van der Waals surface area (Å²) in [5.74, 6) is 0.181. The van der Waals surface area contributed by atoms with E-state index in [9.17, 15) is 0 Å². The van der Waals surface area contributed by atoms with E-state index in [-0.39, 0.29) is 11.8 Å². The third-order valence-electron chi connectivity index (χ3n) is 13.6. The van der Waals surface area contributed by atoms with Crippen LogP contribution in [0.15, 0.2) is 200 Å². The maximum absolute atomic E-state index is 2.51. The number of hydrogen-bond acceptors (Lipinski definition) is 0. The largest absolute Gasteiger partial charge is 0.309 e. The van der Waals surface area contributed by atoms with E-state index in [0.717, 1.165) is 0 Å². The zero-order chi connectivity index (χ0) is 38.3. The van der Waals surface area contributed by atoms with Gasteiger partial charge in [-0.05, 0) is 106 Å². The van der Waals surface area contributed by atoms with Crippen LogP contribution in [0.4, 0.5) is 0 Å². The molecule has 0 N–H and O–H groups in total. The van der Waals surface area contributed by atoms with E-state index in [0.29, 0.717) is 0 Å². The van der Waals surface area contributed by atoms with Crippen LogP contribution in [0.1, 0.15) is 45.2 Å². The minimum Gasteiger partial charge on any atom is -0.309 e. The maximum atomic E-state index is 2.51. The maximum Gasteiger partial charge on any atom is 0.0541 e. The van der Waals surface area contributed by atoms with Crippen LogP contribution in [-0.2, 0) is 0 Å². The Hall–Kier alpha value is -7.62. The van der Waals surface area contributed by atoms with Gasteiger partial charge in [0, 0.05) is 61.2 Å². The molecule has 0 fully saturated rings. The molecule has 12 aromatic rings. The fourth-order valence-electron chi connectivity index (χ4n) is 11.2. The number of fused-ring (bicyclic) bond motifs is 9. The highest BCUT2D eigenvalue weighted by atomic mass is 15.0. The highest BCUT2D eigenvalue weighted by Crippen LogP contribution is 2.57. The van der Waals surface area contributed by atoms with E-state index in [4.69, 9.17) is 0 Å². The number of para-hydroxylation sites is 6. The molecule has 9 aromatic carbocycles. The quantitative estimate of drug-likeness (QED) is 0.171. The lowest BCUT2D eigenvalue weighted by molar-refractivity contribution is 0.751. The van der Waals surface area contributed by atoms with Gasteiger partial charge in [-0.3, -0.25) is 0 Å². The zero-order valence-corrected chi connectivity index (χ0v) is 32.0. The first-order valence-electron chi connectivity index (χ1n) is 20.7. The summed E-state index contributed by atoms with van der Waals surface area (Å²) in [7, 11) is 0. The average molecular weight is 750 g/mol. The molecule has 15 rings (SSSR count). The Bertz CT molecular complexity index is 3430. The van der Waals surface area contributed by atoms with Crippen molar-refractivity contribution in [2.45, 2.75) is 11.8 Å². The van der Waals surface area contributed by atoms with Crippen LogP contribution in [0, 0.1) is 0 Å². The average Bonchev–Trinajstić information content (AvgIpc) is 3.94. The van der Waals surface area contributed by atoms with Crippen molar-refractivity contribution < 1.29 is 0 Å². The smallest absolute Gasteiger partial charge is 0.0541 e. The Balaban J connectivity index is 1.02. The Morgan fingerprint density at radius 2 is 0.441 bits per heavy atom. The van der Waals surface area contributed by atoms with Crippen molar-refractivity contribution in [2.24, 2.45) is 0 Å². The zero-order valence-electron chi connectivity index (χ0n) is 32.0. The summed E-state index contributed by atoms with van der Waals surface area (Å²) in [6.45, 7) is 0. The van der Waals surface area contributed by atoms with Crippen molar-refractivity contribution in [3.8, 4) is 17.1 Å². The standard InChI is InChI=1S/C56H35N3/c1-7-19-49-37(13-1)38-14-2-8-20-50(38)57(49)34-27-30-45-46(31-34)55-43-28-25-35(58-51-21-9-3-15-39(51)40-16-4-10-22-52(40)58)32-47(43)56(45)48-33-36(26-29-44(48)55)59-53-23-11-5-17-41(53)42-18-6-12-24-54(42)59/h1-33,55-56H. The summed E-state index contributed by atoms with van der Waals surface area (Å²) >= 11 is 0. The van der Waals surface area contributed by atoms with Crippen molar-refractivity contribution in [3.63, 3.8) is 0 Å². The van der Waals surface area contributed by atoms with Gasteiger partial charge in [-0.1, -0.05) is 127 Å². The van der Waals surface area contributed by atoms with Crippen molar-refractivity contribution in [1.82, 2.24) is 13.7 Å². The number of nitrogens with zero attached hydrogens (tertiary/aromatic N) is 3. The van der Waals surface area contributed by atoms with Gasteiger partial charge < -0.3 is 13.7 Å². The molecule has 3 heteroatoms. The Morgan fingerprint density at radius 3 is 0.695 bits per heavy atom. The third-order valence-corrected chi connectivity index (χ3v) is 13.6. The van der Waals surface area contributed by atoms with Crippen molar-refractivity contribution in [3.05, 3.63) is 234 Å². The second-order valence-electron chi connectivity index (χ2n) is 16.4. The van der Waals surface area contributed by atoms with Crippen LogP contribution < -0.4 is 0 Å². The summed E-state index contributed by atoms with van der Waals surface area (Å²) in [5.41, 5.74) is 19.5. The van der Waals surface area contributed by atoms with Crippen LogP contribution in [0.5, 0.6) is 0 Å². The summed E-state index contributed by atoms with van der Waals surface area (Å²) in [6.07, 6.45) is 0. The Morgan fingerprint density at radius 1 is 0.220 bits per heavy atom. The summed E-state index contributed by atoms with van der Waals surface area (Å²) < 4.78 is 7.40. The lowest BCUT2D eigenvalue weighted by Gasteiger charge is -2.43. The Kier molecular flexibility index (Phi) is 6.13. The molecule has 0 saturated carbocycles. The molecule has 0 atom stereocenters. The molecule has 0 amide bonds. The first kappa shape index (κ1) is 31.5. The number of benzene rings is 9. The second kappa shape index (κ2) is 11.5. The van der Waals surface area contributed by atoms with Crippen LogP contribution in [0.25, 0.3) is 82.5 Å². The highest BCUT2D eigenvalue weighted by molar-refractivity contribution is 6.11. The molecule has 3 aliphatic carbocycles. The molecular weight excluding hydrogens is 715 g/mol. The van der Waals surface area contributed by atoms with Crippen LogP contribution >= 0.6 is 0 Å². The van der Waals surface area contributed by atoms with Gasteiger partial charge in [0.05, 0.1) is 33.1 Å². The highest BCUT2D eigenvalue weighted by Gasteiger charge is 2.42. The minimum atomic E-state index is 0.0771. The van der Waals surface area contributed by atoms with E-state index in [1.54, 1.807) is 0 Å². The molecule has 3 nitrogen and oxygen atoms in total. The summed E-state index contributed by atoms with van der Waals surface area (Å²) in [6, 6.07) is 74.9. The fraction of sp³-hybridized carbons (Fsp3) is 0.0357. The predicted molar refractivity (Wildman–Crippen MR) is 244 cm³/mol. The molecule has 3 heterocycles. The number of hydrogen-bond donors (Lipinski definition) is 0. The van der Waals surface area contributed by atoms with Crippen LogP contribution in [-0.4, -0.2) is 13.7 Å². The molecule has 0 saturated heterocycles. The SMILES string of the molecule is c1ccc2c(c1)c1ccccc1n2-c1ccc2c(c1)C1c3ccc(-n4c5ccccc5c5ccccc54)cc3C2c2cc(-n3c4ccccc4c4ccccc43)ccc21. The minimum absolute atomic E-state index is 0.0771. The first-order chi connectivity index (χ1) is 29.3. The monoisotopic (exact) mass is 749 g/mol. The number of aromatic nitrogens is 3. The Labute approximate surface area is 340 Å². The van der Waals surface area contributed by atoms with Gasteiger partial charge in [0.2, 0.25) is 0 Å². The van der Waals surface area contributed by atoms with Gasteiger partial charge in [0.25, 0.3) is 0 Å². The molecule has 2 bridgehead atoms. The fourth-order valence-corrected chi connectivity index (χ4v) is 11.2. The molecule has 0 radical (unpaired) electrons. The molecule has 3 aliphatic rings. The van der Waals surface area contributed by atoms with Gasteiger partial charge in [0.15, 0.2) is 0 Å². The normalized spacial score (nSPS) is 15.5.